The number of hydrogen-bond donors (Lipinski definition) is 3. The molecule has 4 N–H and O–H groups in total. The van der Waals surface area contributed by atoms with Crippen LogP contribution in [-0.4, -0.2) is 54.8 Å². The average molecular weight is 368 g/mol. The molecule has 26 heavy (non-hydrogen) atoms. The number of primary amides is 1. The fraction of sp³-hybridized carbons (Fsp3) is 0.471. The van der Waals surface area contributed by atoms with Crippen molar-refractivity contribution >= 4 is 17.8 Å². The summed E-state index contributed by atoms with van der Waals surface area (Å²) in [6.07, 6.45) is -2.62. The van der Waals surface area contributed by atoms with Crippen LogP contribution in [-0.2, 0) is 9.59 Å². The van der Waals surface area contributed by atoms with E-state index in [-0.39, 0.29) is 43.9 Å². The minimum absolute atomic E-state index is 0.0562. The van der Waals surface area contributed by atoms with E-state index in [1.54, 1.807) is 0 Å². The predicted molar refractivity (Wildman–Crippen MR) is 90.5 cm³/mol. The fourth-order valence-corrected chi connectivity index (χ4v) is 3.08. The third kappa shape index (κ3) is 5.40. The Labute approximate surface area is 149 Å². The second-order valence-corrected chi connectivity index (χ2v) is 6.11. The Morgan fingerprint density at radius 3 is 2.54 bits per heavy atom. The molecule has 1 aromatic rings. The normalized spacial score (nSPS) is 19.9. The van der Waals surface area contributed by atoms with Gasteiger partial charge in [-0.25, -0.2) is 4.79 Å². The summed E-state index contributed by atoms with van der Waals surface area (Å²) in [5.41, 5.74) is 5.81. The minimum atomic E-state index is -3.04. The molecular weight excluding hydrogens is 346 g/mol. The predicted octanol–water partition coefficient (Wildman–Crippen LogP) is 0.811. The summed E-state index contributed by atoms with van der Waals surface area (Å²) in [4.78, 5) is 35.5. The first-order valence-corrected chi connectivity index (χ1v) is 8.33. The summed E-state index contributed by atoms with van der Waals surface area (Å²) < 4.78 is 25.5. The lowest BCUT2D eigenvalue weighted by molar-refractivity contribution is -0.144. The van der Waals surface area contributed by atoms with E-state index in [2.05, 4.69) is 10.6 Å². The highest BCUT2D eigenvalue weighted by Gasteiger charge is 2.35. The molecule has 1 aromatic carbocycles. The Bertz CT molecular complexity index is 642. The number of likely N-dealkylation sites (tertiary alicyclic amines) is 1. The number of halogens is 2. The highest BCUT2D eigenvalue weighted by Crippen LogP contribution is 2.28. The van der Waals surface area contributed by atoms with E-state index in [4.69, 9.17) is 5.73 Å². The average Bonchev–Trinajstić information content (AvgIpc) is 2.61. The SMILES string of the molecule is NC(=O)NCCC(=O)NC1CCN(C(=O)C(F)F)CC1c1ccccc1. The third-order valence-corrected chi connectivity index (χ3v) is 4.34. The zero-order valence-corrected chi connectivity index (χ0v) is 14.2. The summed E-state index contributed by atoms with van der Waals surface area (Å²) in [6.45, 7) is 0.370. The Morgan fingerprint density at radius 1 is 1.23 bits per heavy atom. The fourth-order valence-electron chi connectivity index (χ4n) is 3.08. The molecule has 1 aliphatic rings. The van der Waals surface area contributed by atoms with Crippen LogP contribution in [0.3, 0.4) is 0 Å². The molecule has 2 unspecified atom stereocenters. The first-order chi connectivity index (χ1) is 12.4. The van der Waals surface area contributed by atoms with Crippen molar-refractivity contribution in [2.24, 2.45) is 5.73 Å². The minimum Gasteiger partial charge on any atom is -0.353 e. The van der Waals surface area contributed by atoms with Crippen molar-refractivity contribution < 1.29 is 23.2 Å². The van der Waals surface area contributed by atoms with Crippen LogP contribution in [0.15, 0.2) is 30.3 Å². The molecule has 0 bridgehead atoms. The molecule has 0 radical (unpaired) electrons. The van der Waals surface area contributed by atoms with Gasteiger partial charge in [-0.05, 0) is 12.0 Å². The number of carbonyl (C=O) groups excluding carboxylic acids is 3. The summed E-state index contributed by atoms with van der Waals surface area (Å²) in [7, 11) is 0. The Balaban J connectivity index is 2.05. The lowest BCUT2D eigenvalue weighted by atomic mass is 9.85. The van der Waals surface area contributed by atoms with Gasteiger partial charge in [-0.2, -0.15) is 8.78 Å². The molecule has 1 fully saturated rings. The monoisotopic (exact) mass is 368 g/mol. The molecule has 9 heteroatoms. The van der Waals surface area contributed by atoms with E-state index in [0.717, 1.165) is 10.5 Å². The van der Waals surface area contributed by atoms with Crippen molar-refractivity contribution in [2.45, 2.75) is 31.2 Å². The van der Waals surface area contributed by atoms with Gasteiger partial charge in [-0.15, -0.1) is 0 Å². The standard InChI is InChI=1S/C17H22F2N4O3/c18-15(19)16(25)23-9-7-13(22-14(24)6-8-21-17(20)26)12(10-23)11-4-2-1-3-5-11/h1-5,12-13,15H,6-10H2,(H,22,24)(H3,20,21,26). The molecule has 7 nitrogen and oxygen atoms in total. The molecule has 1 aliphatic heterocycles. The van der Waals surface area contributed by atoms with Crippen LogP contribution >= 0.6 is 0 Å². The van der Waals surface area contributed by atoms with Crippen molar-refractivity contribution in [3.8, 4) is 0 Å². The number of urea groups is 1. The molecule has 0 saturated carbocycles. The maximum Gasteiger partial charge on any atom is 0.315 e. The van der Waals surface area contributed by atoms with Crippen LogP contribution in [0.1, 0.15) is 24.3 Å². The van der Waals surface area contributed by atoms with Gasteiger partial charge < -0.3 is 21.3 Å². The van der Waals surface area contributed by atoms with Crippen LogP contribution in [0.5, 0.6) is 0 Å². The maximum absolute atomic E-state index is 12.7. The molecule has 2 rings (SSSR count). The molecule has 1 saturated heterocycles. The van der Waals surface area contributed by atoms with Gasteiger partial charge >= 0.3 is 12.5 Å². The number of carbonyl (C=O) groups is 3. The molecule has 4 amide bonds. The first kappa shape index (κ1) is 19.6. The first-order valence-electron chi connectivity index (χ1n) is 8.33. The molecule has 142 valence electrons. The van der Waals surface area contributed by atoms with Gasteiger partial charge in [0.2, 0.25) is 5.91 Å². The van der Waals surface area contributed by atoms with Crippen molar-refractivity contribution in [3.05, 3.63) is 35.9 Å². The number of alkyl halides is 2. The zero-order valence-electron chi connectivity index (χ0n) is 14.2. The molecule has 0 aliphatic carbocycles. The quantitative estimate of drug-likeness (QED) is 0.692. The second-order valence-electron chi connectivity index (χ2n) is 6.11. The van der Waals surface area contributed by atoms with Gasteiger partial charge in [0, 0.05) is 38.0 Å². The highest BCUT2D eigenvalue weighted by atomic mass is 19.3. The molecule has 2 atom stereocenters. The van der Waals surface area contributed by atoms with Gasteiger partial charge in [0.1, 0.15) is 0 Å². The second kappa shape index (κ2) is 9.12. The number of amides is 4. The number of nitrogens with two attached hydrogens (primary N) is 1. The summed E-state index contributed by atoms with van der Waals surface area (Å²) >= 11 is 0. The summed E-state index contributed by atoms with van der Waals surface area (Å²) in [5, 5.41) is 5.21. The van der Waals surface area contributed by atoms with E-state index in [0.29, 0.717) is 6.42 Å². The number of rotatable bonds is 6. The maximum atomic E-state index is 12.7. The van der Waals surface area contributed by atoms with Crippen LogP contribution in [0.25, 0.3) is 0 Å². The summed E-state index contributed by atoms with van der Waals surface area (Å²) in [6, 6.07) is 8.15. The lowest BCUT2D eigenvalue weighted by Gasteiger charge is -2.39. The van der Waals surface area contributed by atoms with E-state index in [9.17, 15) is 23.2 Å². The van der Waals surface area contributed by atoms with Crippen molar-refractivity contribution in [1.82, 2.24) is 15.5 Å². The smallest absolute Gasteiger partial charge is 0.315 e. The number of piperidine rings is 1. The molecule has 1 heterocycles. The topological polar surface area (TPSA) is 105 Å². The number of hydrogen-bond acceptors (Lipinski definition) is 3. The third-order valence-electron chi connectivity index (χ3n) is 4.34. The molecule has 0 aromatic heterocycles. The largest absolute Gasteiger partial charge is 0.353 e. The van der Waals surface area contributed by atoms with Crippen LogP contribution < -0.4 is 16.4 Å². The molecular formula is C17H22F2N4O3. The zero-order chi connectivity index (χ0) is 19.1. The van der Waals surface area contributed by atoms with Gasteiger partial charge in [0.15, 0.2) is 0 Å². The van der Waals surface area contributed by atoms with Crippen molar-refractivity contribution in [1.29, 1.82) is 0 Å². The Hall–Kier alpha value is -2.71. The van der Waals surface area contributed by atoms with Crippen LogP contribution in [0.2, 0.25) is 0 Å². The lowest BCUT2D eigenvalue weighted by Crippen LogP contribution is -2.52. The van der Waals surface area contributed by atoms with Crippen LogP contribution in [0.4, 0.5) is 13.6 Å². The Morgan fingerprint density at radius 2 is 1.92 bits per heavy atom. The van der Waals surface area contributed by atoms with Gasteiger partial charge in [0.05, 0.1) is 0 Å². The van der Waals surface area contributed by atoms with Gasteiger partial charge in [0.25, 0.3) is 5.91 Å². The Kier molecular flexibility index (Phi) is 6.88. The van der Waals surface area contributed by atoms with Crippen LogP contribution in [0, 0.1) is 0 Å². The number of nitrogens with zero attached hydrogens (tertiary/aromatic N) is 1. The van der Waals surface area contributed by atoms with Crippen molar-refractivity contribution in [2.75, 3.05) is 19.6 Å². The number of benzene rings is 1. The van der Waals surface area contributed by atoms with E-state index in [1.807, 2.05) is 30.3 Å². The van der Waals surface area contributed by atoms with E-state index >= 15 is 0 Å². The molecule has 0 spiro atoms. The van der Waals surface area contributed by atoms with Crippen molar-refractivity contribution in [3.63, 3.8) is 0 Å². The summed E-state index contributed by atoms with van der Waals surface area (Å²) in [5.74, 6) is -1.76. The van der Waals surface area contributed by atoms with E-state index < -0.39 is 18.4 Å². The number of nitrogens with one attached hydrogen (secondary N) is 2. The van der Waals surface area contributed by atoms with E-state index in [1.165, 1.54) is 0 Å². The van der Waals surface area contributed by atoms with Gasteiger partial charge in [-0.3, -0.25) is 9.59 Å². The highest BCUT2D eigenvalue weighted by molar-refractivity contribution is 5.80. The van der Waals surface area contributed by atoms with Gasteiger partial charge in [-0.1, -0.05) is 30.3 Å².